The number of carbonyl (C=O) groups is 3. The molecule has 0 heterocycles. The number of benzene rings is 2. The molecule has 0 aliphatic heterocycles. The summed E-state index contributed by atoms with van der Waals surface area (Å²) in [6.07, 6.45) is -1.37. The van der Waals surface area contributed by atoms with Crippen LogP contribution in [0.5, 0.6) is 0 Å². The van der Waals surface area contributed by atoms with Gasteiger partial charge in [-0.15, -0.1) is 18.3 Å². The van der Waals surface area contributed by atoms with E-state index in [1.54, 1.807) is 24.3 Å². The lowest BCUT2D eigenvalue weighted by Crippen LogP contribution is -2.63. The summed E-state index contributed by atoms with van der Waals surface area (Å²) in [5.74, 6) is -1.74. The third-order valence-corrected chi connectivity index (χ3v) is 12.8. The lowest BCUT2D eigenvalue weighted by atomic mass is 9.44. The normalized spacial score (nSPS) is 32.8. The molecule has 8 atom stereocenters. The molecule has 2 aromatic carbocycles. The number of hydrogen-bond acceptors (Lipinski definition) is 8. The van der Waals surface area contributed by atoms with Gasteiger partial charge < -0.3 is 25.2 Å². The van der Waals surface area contributed by atoms with Crippen LogP contribution in [-0.2, 0) is 20.5 Å². The fraction of sp³-hybridized carbons (Fsp3) is 0.528. The predicted octanol–water partition coefficient (Wildman–Crippen LogP) is 5.64. The second-order valence-corrected chi connectivity index (χ2v) is 15.6. The molecule has 5 rings (SSSR count). The molecule has 264 valence electrons. The molecule has 0 saturated heterocycles. The van der Waals surface area contributed by atoms with Gasteiger partial charge in [-0.3, -0.25) is 14.4 Å². The molecule has 3 aliphatic carbocycles. The van der Waals surface area contributed by atoms with Crippen molar-refractivity contribution in [2.45, 2.75) is 83.1 Å². The van der Waals surface area contributed by atoms with Gasteiger partial charge in [0.15, 0.2) is 0 Å². The number of ketones is 1. The van der Waals surface area contributed by atoms with E-state index in [0.717, 1.165) is 30.7 Å². The number of anilines is 1. The van der Waals surface area contributed by atoms with Gasteiger partial charge >= 0.3 is 19.3 Å². The zero-order valence-corrected chi connectivity index (χ0v) is 28.9. The fourth-order valence-electron chi connectivity index (χ4n) is 8.80. The largest absolute Gasteiger partial charge is 0.488 e. The van der Waals surface area contributed by atoms with Gasteiger partial charge in [0.05, 0.1) is 17.4 Å². The Morgan fingerprint density at radius 2 is 1.86 bits per heavy atom. The first-order chi connectivity index (χ1) is 22.9. The Bertz CT molecular complexity index is 1640. The van der Waals surface area contributed by atoms with E-state index in [1.807, 2.05) is 13.8 Å². The van der Waals surface area contributed by atoms with Crippen LogP contribution in [0.3, 0.4) is 0 Å². The van der Waals surface area contributed by atoms with Crippen LogP contribution in [0.4, 0.5) is 18.9 Å². The highest BCUT2D eigenvalue weighted by atomic mass is 32.2. The molecule has 13 heteroatoms. The van der Waals surface area contributed by atoms with Crippen LogP contribution in [0, 0.1) is 34.0 Å². The van der Waals surface area contributed by atoms with Crippen LogP contribution >= 0.6 is 11.8 Å². The van der Waals surface area contributed by atoms with Crippen molar-refractivity contribution in [2.24, 2.45) is 34.0 Å². The van der Waals surface area contributed by atoms with Crippen LogP contribution in [0.2, 0.25) is 0 Å². The summed E-state index contributed by atoms with van der Waals surface area (Å²) in [6, 6.07) is 8.56. The van der Waals surface area contributed by atoms with E-state index in [1.165, 1.54) is 6.07 Å². The molecule has 4 N–H and O–H groups in total. The molecule has 8 nitrogen and oxygen atoms in total. The number of rotatable bonds is 8. The summed E-state index contributed by atoms with van der Waals surface area (Å²) in [5.41, 5.74) is -3.65. The van der Waals surface area contributed by atoms with Gasteiger partial charge in [0.1, 0.15) is 11.9 Å². The first-order valence-electron chi connectivity index (χ1n) is 16.5. The van der Waals surface area contributed by atoms with Crippen molar-refractivity contribution >= 4 is 47.7 Å². The second-order valence-electron chi connectivity index (χ2n) is 14.6. The quantitative estimate of drug-likeness (QED) is 0.121. The third-order valence-electron chi connectivity index (χ3n) is 11.9. The smallest absolute Gasteiger partial charge is 0.461 e. The number of alkyl halides is 3. The first kappa shape index (κ1) is 37.1. The Hall–Kier alpha value is -3.13. The summed E-state index contributed by atoms with van der Waals surface area (Å²) in [5, 5.41) is 33.1. The molecular weight excluding hydrogens is 658 g/mol. The van der Waals surface area contributed by atoms with Crippen molar-refractivity contribution in [3.63, 3.8) is 0 Å². The maximum atomic E-state index is 13.6. The monoisotopic (exact) mass is 701 g/mol. The van der Waals surface area contributed by atoms with Crippen LogP contribution in [0.1, 0.15) is 75.7 Å². The molecule has 3 aliphatic rings. The van der Waals surface area contributed by atoms with Gasteiger partial charge in [0.25, 0.3) is 5.91 Å². The van der Waals surface area contributed by atoms with Crippen molar-refractivity contribution in [3.05, 3.63) is 66.2 Å². The van der Waals surface area contributed by atoms with Crippen LogP contribution < -0.4 is 10.8 Å². The minimum atomic E-state index is -4.81. The van der Waals surface area contributed by atoms with E-state index in [-0.39, 0.29) is 40.4 Å². The molecule has 2 bridgehead atoms. The highest BCUT2D eigenvalue weighted by Gasteiger charge is 2.68. The van der Waals surface area contributed by atoms with Crippen LogP contribution in [-0.4, -0.2) is 57.9 Å². The summed E-state index contributed by atoms with van der Waals surface area (Å²) in [6.45, 7) is 12.2. The van der Waals surface area contributed by atoms with Crippen molar-refractivity contribution in [1.82, 2.24) is 0 Å². The number of aliphatic hydroxyl groups excluding tert-OH is 1. The van der Waals surface area contributed by atoms with Crippen molar-refractivity contribution in [3.8, 4) is 0 Å². The summed E-state index contributed by atoms with van der Waals surface area (Å²) in [7, 11) is -2.21. The van der Waals surface area contributed by atoms with E-state index < -0.39 is 64.8 Å². The first-order valence-corrected chi connectivity index (χ1v) is 17.5. The molecule has 0 spiro atoms. The number of amides is 1. The molecule has 3 saturated carbocycles. The second kappa shape index (κ2) is 13.5. The Kier molecular flexibility index (Phi) is 10.3. The molecule has 3 fully saturated rings. The fourth-order valence-corrected chi connectivity index (χ4v) is 9.54. The van der Waals surface area contributed by atoms with E-state index >= 15 is 0 Å². The molecule has 2 aromatic rings. The van der Waals surface area contributed by atoms with Crippen LogP contribution in [0.15, 0.2) is 60.0 Å². The zero-order valence-electron chi connectivity index (χ0n) is 28.0. The molecule has 0 unspecified atom stereocenters. The number of esters is 1. The standard InChI is InChI=1S/C36H43BF3NO7S/c1-6-33(4)18-28(34(5)20(2)10-12-35(21(3)31(33)44)13-11-27(42)30(34)35)48-29(43)19-49-26-9-7-8-25(17-26)41-32(45)22-14-23(36(38,39)40)16-24(15-22)37(46)47/h6-9,14-17,20-21,28,30-31,44,46-47H,1,10-13,18-19H2,2-5H3,(H,41,45)/t20-,21+,28-,30+,31+,33-,34+,35+/m1/s1. The van der Waals surface area contributed by atoms with E-state index in [0.29, 0.717) is 36.3 Å². The van der Waals surface area contributed by atoms with Crippen LogP contribution in [0.25, 0.3) is 0 Å². The number of carbonyl (C=O) groups excluding carboxylic acids is 3. The van der Waals surface area contributed by atoms with Crippen molar-refractivity contribution in [1.29, 1.82) is 0 Å². The number of nitrogens with one attached hydrogen (secondary N) is 1. The average molecular weight is 702 g/mol. The number of aliphatic hydroxyl groups is 1. The van der Waals surface area contributed by atoms with Gasteiger partial charge in [-0.25, -0.2) is 0 Å². The van der Waals surface area contributed by atoms with Gasteiger partial charge in [0.2, 0.25) is 0 Å². The molecule has 0 radical (unpaired) electrons. The summed E-state index contributed by atoms with van der Waals surface area (Å²) in [4.78, 5) is 40.6. The van der Waals surface area contributed by atoms with E-state index in [9.17, 15) is 42.7 Å². The van der Waals surface area contributed by atoms with Crippen molar-refractivity contribution < 1.29 is 47.4 Å². The molecule has 1 amide bonds. The minimum Gasteiger partial charge on any atom is -0.461 e. The van der Waals surface area contributed by atoms with E-state index in [2.05, 4.69) is 25.7 Å². The summed E-state index contributed by atoms with van der Waals surface area (Å²) < 4.78 is 46.5. The maximum absolute atomic E-state index is 13.6. The number of halogens is 3. The topological polar surface area (TPSA) is 133 Å². The number of ether oxygens (including phenoxy) is 1. The lowest BCUT2D eigenvalue weighted by molar-refractivity contribution is -0.205. The Labute approximate surface area is 289 Å². The SMILES string of the molecule is C=C[C@]1(C)C[C@@H](OC(=O)CSc2cccc(NC(=O)c3cc(B(O)O)cc(C(F)(F)F)c3)c2)[C@]2(C)[C@H](C)CC[C@]3(CCC(=O)[C@H]32)[C@@H](C)[C@@H]1O. The van der Waals surface area contributed by atoms with Gasteiger partial charge in [-0.05, 0) is 78.7 Å². The third kappa shape index (κ3) is 6.83. The number of hydrogen-bond donors (Lipinski definition) is 4. The average Bonchev–Trinajstić information content (AvgIpc) is 3.41. The zero-order chi connectivity index (χ0) is 36.1. The number of thioether (sulfide) groups is 1. The van der Waals surface area contributed by atoms with Gasteiger partial charge in [-0.2, -0.15) is 13.2 Å². The Morgan fingerprint density at radius 3 is 2.51 bits per heavy atom. The lowest BCUT2D eigenvalue weighted by Gasteiger charge is -2.61. The Morgan fingerprint density at radius 1 is 1.14 bits per heavy atom. The highest BCUT2D eigenvalue weighted by Crippen LogP contribution is 2.68. The maximum Gasteiger partial charge on any atom is 0.488 e. The highest BCUT2D eigenvalue weighted by molar-refractivity contribution is 8.00. The molecule has 0 aromatic heterocycles. The van der Waals surface area contributed by atoms with Gasteiger partial charge in [0, 0.05) is 39.3 Å². The van der Waals surface area contributed by atoms with Crippen molar-refractivity contribution in [2.75, 3.05) is 11.1 Å². The minimum absolute atomic E-state index is 0.0866. The number of Topliss-reactive ketones (excluding diaryl/α,β-unsaturated/α-hetero) is 1. The van der Waals surface area contributed by atoms with Gasteiger partial charge in [-0.1, -0.05) is 45.9 Å². The van der Waals surface area contributed by atoms with E-state index in [4.69, 9.17) is 4.74 Å². The summed E-state index contributed by atoms with van der Waals surface area (Å²) >= 11 is 1.15. The Balaban J connectivity index is 1.33. The molecular formula is C36H43BF3NO7S. The molecule has 49 heavy (non-hydrogen) atoms. The predicted molar refractivity (Wildman–Crippen MR) is 181 cm³/mol.